The highest BCUT2D eigenvalue weighted by Crippen LogP contribution is 2.19. The third kappa shape index (κ3) is 2.80. The van der Waals surface area contributed by atoms with Crippen LogP contribution in [0.25, 0.3) is 0 Å². The molecule has 0 spiro atoms. The number of likely N-dealkylation sites (tertiary alicyclic amines) is 1. The molecule has 0 radical (unpaired) electrons. The fourth-order valence-corrected chi connectivity index (χ4v) is 2.72. The lowest BCUT2D eigenvalue weighted by Crippen LogP contribution is -2.37. The number of piperidine rings is 1. The molecule has 1 aliphatic heterocycles. The summed E-state index contributed by atoms with van der Waals surface area (Å²) >= 11 is 1.71. The van der Waals surface area contributed by atoms with E-state index in [-0.39, 0.29) is 0 Å². The summed E-state index contributed by atoms with van der Waals surface area (Å²) in [5, 5.41) is 10.7. The Kier molecular flexibility index (Phi) is 3.56. The van der Waals surface area contributed by atoms with E-state index in [4.69, 9.17) is 11.1 Å². The van der Waals surface area contributed by atoms with Crippen molar-refractivity contribution in [2.45, 2.75) is 26.3 Å². The number of amidine groups is 1. The molecule has 0 saturated carbocycles. The second-order valence-electron chi connectivity index (χ2n) is 4.36. The van der Waals surface area contributed by atoms with Crippen LogP contribution in [0.2, 0.25) is 0 Å². The van der Waals surface area contributed by atoms with E-state index in [2.05, 4.69) is 15.3 Å². The zero-order chi connectivity index (χ0) is 11.5. The first-order chi connectivity index (χ1) is 7.65. The highest BCUT2D eigenvalue weighted by molar-refractivity contribution is 7.09. The molecule has 5 heteroatoms. The number of nitrogens with one attached hydrogen (secondary N) is 1. The third-order valence-electron chi connectivity index (χ3n) is 3.08. The van der Waals surface area contributed by atoms with E-state index in [1.54, 1.807) is 11.3 Å². The molecular weight excluding hydrogens is 220 g/mol. The second-order valence-corrected chi connectivity index (χ2v) is 5.43. The minimum atomic E-state index is 0.299. The van der Waals surface area contributed by atoms with E-state index in [0.717, 1.165) is 37.5 Å². The van der Waals surface area contributed by atoms with E-state index in [9.17, 15) is 0 Å². The molecular formula is C11H18N4S. The van der Waals surface area contributed by atoms with Gasteiger partial charge in [0.15, 0.2) is 0 Å². The minimum absolute atomic E-state index is 0.299. The van der Waals surface area contributed by atoms with Crippen molar-refractivity contribution in [2.75, 3.05) is 13.1 Å². The molecule has 1 aliphatic rings. The number of hydrogen-bond donors (Lipinski definition) is 2. The van der Waals surface area contributed by atoms with Crippen LogP contribution in [0.15, 0.2) is 5.38 Å². The van der Waals surface area contributed by atoms with Crippen LogP contribution < -0.4 is 5.73 Å². The highest BCUT2D eigenvalue weighted by atomic mass is 32.1. The van der Waals surface area contributed by atoms with Crippen molar-refractivity contribution < 1.29 is 0 Å². The molecule has 0 atom stereocenters. The van der Waals surface area contributed by atoms with Gasteiger partial charge >= 0.3 is 0 Å². The molecule has 3 N–H and O–H groups in total. The molecule has 0 amide bonds. The summed E-state index contributed by atoms with van der Waals surface area (Å²) < 4.78 is 0. The zero-order valence-corrected chi connectivity index (χ0v) is 10.4. The van der Waals surface area contributed by atoms with E-state index >= 15 is 0 Å². The van der Waals surface area contributed by atoms with Gasteiger partial charge in [-0.25, -0.2) is 4.98 Å². The van der Waals surface area contributed by atoms with Crippen molar-refractivity contribution in [3.05, 3.63) is 16.1 Å². The van der Waals surface area contributed by atoms with Gasteiger partial charge in [0.25, 0.3) is 0 Å². The van der Waals surface area contributed by atoms with Crippen LogP contribution >= 0.6 is 11.3 Å². The third-order valence-corrected chi connectivity index (χ3v) is 3.90. The van der Waals surface area contributed by atoms with Crippen molar-refractivity contribution in [1.29, 1.82) is 5.41 Å². The van der Waals surface area contributed by atoms with Crippen LogP contribution in [0.4, 0.5) is 0 Å². The summed E-state index contributed by atoms with van der Waals surface area (Å²) in [5.74, 6) is 0.651. The van der Waals surface area contributed by atoms with Crippen molar-refractivity contribution in [2.24, 2.45) is 11.7 Å². The summed E-state index contributed by atoms with van der Waals surface area (Å²) in [6.07, 6.45) is 2.02. The first-order valence-electron chi connectivity index (χ1n) is 5.62. The molecule has 1 saturated heterocycles. The standard InChI is InChI=1S/C11H18N4S/c1-8-14-10(7-16-8)6-15-4-2-9(3-5-15)11(12)13/h7,9H,2-6H2,1H3,(H3,12,13). The van der Waals surface area contributed by atoms with E-state index in [0.29, 0.717) is 11.8 Å². The topological polar surface area (TPSA) is 66.0 Å². The lowest BCUT2D eigenvalue weighted by molar-refractivity contribution is 0.199. The summed E-state index contributed by atoms with van der Waals surface area (Å²) in [6, 6.07) is 0. The fourth-order valence-electron chi connectivity index (χ4n) is 2.11. The molecule has 1 aromatic heterocycles. The van der Waals surface area contributed by atoms with Gasteiger partial charge in [-0.05, 0) is 32.9 Å². The number of aryl methyl sites for hydroxylation is 1. The van der Waals surface area contributed by atoms with E-state index in [1.165, 1.54) is 5.69 Å². The van der Waals surface area contributed by atoms with Crippen molar-refractivity contribution >= 4 is 17.2 Å². The predicted molar refractivity (Wildman–Crippen MR) is 66.8 cm³/mol. The van der Waals surface area contributed by atoms with E-state index < -0.39 is 0 Å². The second kappa shape index (κ2) is 4.93. The Hall–Kier alpha value is -0.940. The van der Waals surface area contributed by atoms with Crippen LogP contribution in [0.1, 0.15) is 23.5 Å². The van der Waals surface area contributed by atoms with Gasteiger partial charge in [-0.15, -0.1) is 11.3 Å². The van der Waals surface area contributed by atoms with Crippen LogP contribution in [-0.4, -0.2) is 28.8 Å². The van der Waals surface area contributed by atoms with Gasteiger partial charge < -0.3 is 5.73 Å². The van der Waals surface area contributed by atoms with Crippen molar-refractivity contribution in [3.8, 4) is 0 Å². The molecule has 2 heterocycles. The summed E-state index contributed by atoms with van der Waals surface area (Å²) in [4.78, 5) is 6.87. The Morgan fingerprint density at radius 1 is 1.62 bits per heavy atom. The normalized spacial score (nSPS) is 18.8. The van der Waals surface area contributed by atoms with Crippen molar-refractivity contribution in [1.82, 2.24) is 9.88 Å². The Labute approximate surface area is 100.0 Å². The smallest absolute Gasteiger partial charge is 0.0937 e. The molecule has 0 aromatic carbocycles. The Morgan fingerprint density at radius 3 is 2.81 bits per heavy atom. The summed E-state index contributed by atoms with van der Waals surface area (Å²) in [7, 11) is 0. The first kappa shape index (κ1) is 11.5. The number of nitrogens with zero attached hydrogens (tertiary/aromatic N) is 2. The zero-order valence-electron chi connectivity index (χ0n) is 9.57. The highest BCUT2D eigenvalue weighted by Gasteiger charge is 2.21. The average Bonchev–Trinajstić information content (AvgIpc) is 2.65. The van der Waals surface area contributed by atoms with Gasteiger partial charge in [0.1, 0.15) is 0 Å². The summed E-state index contributed by atoms with van der Waals surface area (Å²) in [6.45, 7) is 5.03. The molecule has 1 aromatic rings. The Bertz CT molecular complexity index is 366. The Balaban J connectivity index is 1.83. The molecule has 0 bridgehead atoms. The number of hydrogen-bond acceptors (Lipinski definition) is 4. The molecule has 2 rings (SSSR count). The number of nitrogens with two attached hydrogens (primary N) is 1. The molecule has 88 valence electrons. The minimum Gasteiger partial charge on any atom is -0.387 e. The van der Waals surface area contributed by atoms with Gasteiger partial charge in [-0.1, -0.05) is 0 Å². The first-order valence-corrected chi connectivity index (χ1v) is 6.50. The monoisotopic (exact) mass is 238 g/mol. The molecule has 0 aliphatic carbocycles. The fraction of sp³-hybridized carbons (Fsp3) is 0.636. The average molecular weight is 238 g/mol. The maximum absolute atomic E-state index is 7.43. The van der Waals surface area contributed by atoms with Gasteiger partial charge in [0, 0.05) is 17.8 Å². The lowest BCUT2D eigenvalue weighted by Gasteiger charge is -2.30. The maximum atomic E-state index is 7.43. The summed E-state index contributed by atoms with van der Waals surface area (Å²) in [5.41, 5.74) is 6.69. The van der Waals surface area contributed by atoms with Gasteiger partial charge in [0.05, 0.1) is 16.5 Å². The van der Waals surface area contributed by atoms with Gasteiger partial charge in [-0.3, -0.25) is 10.3 Å². The maximum Gasteiger partial charge on any atom is 0.0937 e. The number of thiazole rings is 1. The number of rotatable bonds is 3. The SMILES string of the molecule is Cc1nc(CN2CCC(C(=N)N)CC2)cs1. The lowest BCUT2D eigenvalue weighted by atomic mass is 9.96. The molecule has 16 heavy (non-hydrogen) atoms. The van der Waals surface area contributed by atoms with E-state index in [1.807, 2.05) is 6.92 Å². The van der Waals surface area contributed by atoms with Gasteiger partial charge in [0.2, 0.25) is 0 Å². The quantitative estimate of drug-likeness (QED) is 0.621. The van der Waals surface area contributed by atoms with Crippen molar-refractivity contribution in [3.63, 3.8) is 0 Å². The predicted octanol–water partition coefficient (Wildman–Crippen LogP) is 1.60. The van der Waals surface area contributed by atoms with Crippen LogP contribution in [0.5, 0.6) is 0 Å². The Morgan fingerprint density at radius 2 is 2.31 bits per heavy atom. The largest absolute Gasteiger partial charge is 0.387 e. The molecule has 1 fully saturated rings. The molecule has 4 nitrogen and oxygen atoms in total. The van der Waals surface area contributed by atoms with Crippen LogP contribution in [0, 0.1) is 18.3 Å². The van der Waals surface area contributed by atoms with Crippen LogP contribution in [0.3, 0.4) is 0 Å². The van der Waals surface area contributed by atoms with Gasteiger partial charge in [-0.2, -0.15) is 0 Å². The molecule has 0 unspecified atom stereocenters. The number of aromatic nitrogens is 1. The van der Waals surface area contributed by atoms with Crippen LogP contribution in [-0.2, 0) is 6.54 Å².